The normalized spacial score (nSPS) is 12.6. The van der Waals surface area contributed by atoms with Crippen LogP contribution < -0.4 is 10.6 Å². The number of rotatable bonds is 7. The highest BCUT2D eigenvalue weighted by Crippen LogP contribution is 2.36. The number of anilines is 2. The fraction of sp³-hybridized carbons (Fsp3) is 0.115. The van der Waals surface area contributed by atoms with Crippen molar-refractivity contribution < 1.29 is 35.5 Å². The first kappa shape index (κ1) is 28.3. The van der Waals surface area contributed by atoms with E-state index in [0.717, 1.165) is 64.5 Å². The van der Waals surface area contributed by atoms with Crippen LogP contribution in [0.15, 0.2) is 86.0 Å². The van der Waals surface area contributed by atoms with E-state index in [-0.39, 0.29) is 28.3 Å². The highest BCUT2D eigenvalue weighted by molar-refractivity contribution is 5.99. The summed E-state index contributed by atoms with van der Waals surface area (Å²) in [6.45, 7) is 0. The molecular formula is C26H17F7N8O. The lowest BCUT2D eigenvalue weighted by atomic mass is 10.0. The van der Waals surface area contributed by atoms with Gasteiger partial charge in [0.05, 0.1) is 33.9 Å². The number of amides is 1. The monoisotopic (exact) mass is 590 g/mol. The van der Waals surface area contributed by atoms with Gasteiger partial charge < -0.3 is 10.6 Å². The molecule has 9 nitrogen and oxygen atoms in total. The van der Waals surface area contributed by atoms with Crippen LogP contribution in [0.5, 0.6) is 0 Å². The van der Waals surface area contributed by atoms with Gasteiger partial charge in [-0.15, -0.1) is 0 Å². The minimum Gasteiger partial charge on any atom is -0.368 e. The second kappa shape index (κ2) is 10.9. The number of alkyl halides is 6. The van der Waals surface area contributed by atoms with Crippen molar-refractivity contribution in [1.29, 1.82) is 0 Å². The van der Waals surface area contributed by atoms with Gasteiger partial charge in [0.25, 0.3) is 5.91 Å². The molecule has 0 aliphatic heterocycles. The quantitative estimate of drug-likeness (QED) is 0.232. The third kappa shape index (κ3) is 6.06. The number of nitrogens with zero attached hydrogens (tertiary/aromatic N) is 6. The lowest BCUT2D eigenvalue weighted by molar-refractivity contribution is -0.138. The number of halogens is 7. The van der Waals surface area contributed by atoms with Crippen LogP contribution in [0.4, 0.5) is 42.1 Å². The van der Waals surface area contributed by atoms with E-state index in [1.807, 2.05) is 0 Å². The van der Waals surface area contributed by atoms with Gasteiger partial charge in [-0.3, -0.25) is 4.79 Å². The average molecular weight is 590 g/mol. The standard InChI is InChI=1S/C26H17F7N8O/c27-18-5-1-15(2-6-18)23(38-19-9-16(25(28,29)30)3-7-21(19)40-13-34-11-36-40)24(42)39-20-10-17(26(31,32)33)4-8-22(20)41-14-35-12-37-41/h1-14,23,38H,(H,39,42). The number of carbonyl (C=O) groups is 1. The minimum atomic E-state index is -4.76. The molecule has 16 heteroatoms. The van der Waals surface area contributed by atoms with Crippen LogP contribution in [0.3, 0.4) is 0 Å². The molecular weight excluding hydrogens is 573 g/mol. The molecule has 5 rings (SSSR count). The summed E-state index contributed by atoms with van der Waals surface area (Å²) in [5.74, 6) is -1.64. The smallest absolute Gasteiger partial charge is 0.368 e. The van der Waals surface area contributed by atoms with Gasteiger partial charge in [-0.25, -0.2) is 23.7 Å². The van der Waals surface area contributed by atoms with Gasteiger partial charge in [-0.2, -0.15) is 36.5 Å². The Hall–Kier alpha value is -5.28. The Labute approximate surface area is 231 Å². The molecule has 216 valence electrons. The second-order valence-corrected chi connectivity index (χ2v) is 8.76. The summed E-state index contributed by atoms with van der Waals surface area (Å²) in [6, 6.07) is 8.12. The molecule has 0 aliphatic rings. The molecule has 3 aromatic carbocycles. The SMILES string of the molecule is O=C(Nc1cc(C(F)(F)F)ccc1-n1cncn1)C(Nc1cc(C(F)(F)F)ccc1-n1cncn1)c1ccc(F)cc1. The molecule has 0 fully saturated rings. The van der Waals surface area contributed by atoms with Crippen LogP contribution in [0, 0.1) is 5.82 Å². The Kier molecular flexibility index (Phi) is 7.36. The van der Waals surface area contributed by atoms with Crippen LogP contribution in [-0.2, 0) is 17.1 Å². The van der Waals surface area contributed by atoms with Crippen molar-refractivity contribution in [3.63, 3.8) is 0 Å². The minimum absolute atomic E-state index is 0.0223. The predicted molar refractivity (Wildman–Crippen MR) is 134 cm³/mol. The molecule has 0 bridgehead atoms. The molecule has 0 saturated carbocycles. The van der Waals surface area contributed by atoms with E-state index in [2.05, 4.69) is 30.8 Å². The van der Waals surface area contributed by atoms with E-state index in [9.17, 15) is 35.5 Å². The van der Waals surface area contributed by atoms with Gasteiger partial charge >= 0.3 is 12.4 Å². The summed E-state index contributed by atoms with van der Waals surface area (Å²) >= 11 is 0. The Balaban J connectivity index is 1.59. The summed E-state index contributed by atoms with van der Waals surface area (Å²) < 4.78 is 97.5. The van der Waals surface area contributed by atoms with Crippen molar-refractivity contribution in [1.82, 2.24) is 29.5 Å². The molecule has 0 saturated heterocycles. The first-order valence-electron chi connectivity index (χ1n) is 11.9. The predicted octanol–water partition coefficient (Wildman–Crippen LogP) is 5.82. The molecule has 1 unspecified atom stereocenters. The van der Waals surface area contributed by atoms with Crippen molar-refractivity contribution in [2.45, 2.75) is 18.4 Å². The molecule has 0 radical (unpaired) electrons. The van der Waals surface area contributed by atoms with Gasteiger partial charge in [-0.05, 0) is 54.1 Å². The summed E-state index contributed by atoms with van der Waals surface area (Å²) in [5, 5.41) is 12.9. The number of benzene rings is 3. The van der Waals surface area contributed by atoms with Crippen molar-refractivity contribution in [2.24, 2.45) is 0 Å². The van der Waals surface area contributed by atoms with Crippen molar-refractivity contribution in [2.75, 3.05) is 10.6 Å². The van der Waals surface area contributed by atoms with E-state index < -0.39 is 41.2 Å². The second-order valence-electron chi connectivity index (χ2n) is 8.76. The zero-order valence-corrected chi connectivity index (χ0v) is 20.9. The fourth-order valence-electron chi connectivity index (χ4n) is 4.02. The number of hydrogen-bond donors (Lipinski definition) is 2. The van der Waals surface area contributed by atoms with E-state index >= 15 is 0 Å². The summed E-state index contributed by atoms with van der Waals surface area (Å²) in [5.41, 5.74) is -2.50. The molecule has 2 N–H and O–H groups in total. The summed E-state index contributed by atoms with van der Waals surface area (Å²) in [7, 11) is 0. The summed E-state index contributed by atoms with van der Waals surface area (Å²) in [6.07, 6.45) is -4.83. The highest BCUT2D eigenvalue weighted by Gasteiger charge is 2.34. The van der Waals surface area contributed by atoms with E-state index in [4.69, 9.17) is 0 Å². The van der Waals surface area contributed by atoms with Crippen LogP contribution in [0.2, 0.25) is 0 Å². The molecule has 5 aromatic rings. The molecule has 1 atom stereocenters. The van der Waals surface area contributed by atoms with Crippen LogP contribution in [0.1, 0.15) is 22.7 Å². The Morgan fingerprint density at radius 3 is 1.69 bits per heavy atom. The van der Waals surface area contributed by atoms with Gasteiger partial charge in [0, 0.05) is 0 Å². The van der Waals surface area contributed by atoms with Crippen molar-refractivity contribution in [3.05, 3.63) is 108 Å². The number of hydrogen-bond acceptors (Lipinski definition) is 6. The molecule has 0 spiro atoms. The summed E-state index contributed by atoms with van der Waals surface area (Å²) in [4.78, 5) is 21.3. The van der Waals surface area contributed by atoms with E-state index in [1.54, 1.807) is 0 Å². The average Bonchev–Trinajstić information content (AvgIpc) is 3.66. The first-order chi connectivity index (χ1) is 19.9. The number of carbonyl (C=O) groups excluding carboxylic acids is 1. The Bertz CT molecular complexity index is 1680. The third-order valence-electron chi connectivity index (χ3n) is 6.00. The maximum absolute atomic E-state index is 13.7. The van der Waals surface area contributed by atoms with Crippen molar-refractivity contribution >= 4 is 17.3 Å². The molecule has 42 heavy (non-hydrogen) atoms. The maximum atomic E-state index is 13.7. The molecule has 1 amide bonds. The van der Waals surface area contributed by atoms with Crippen LogP contribution in [0.25, 0.3) is 11.4 Å². The topological polar surface area (TPSA) is 103 Å². The lowest BCUT2D eigenvalue weighted by Crippen LogP contribution is -2.28. The fourth-order valence-corrected chi connectivity index (χ4v) is 4.02. The molecule has 2 heterocycles. The van der Waals surface area contributed by atoms with E-state index in [1.165, 1.54) is 24.8 Å². The Morgan fingerprint density at radius 2 is 1.21 bits per heavy atom. The first-order valence-corrected chi connectivity index (χ1v) is 11.9. The van der Waals surface area contributed by atoms with Gasteiger partial charge in [0.1, 0.15) is 37.2 Å². The Morgan fingerprint density at radius 1 is 0.714 bits per heavy atom. The van der Waals surface area contributed by atoms with E-state index in [0.29, 0.717) is 6.07 Å². The third-order valence-corrected chi connectivity index (χ3v) is 6.00. The largest absolute Gasteiger partial charge is 0.416 e. The zero-order valence-electron chi connectivity index (χ0n) is 20.9. The lowest BCUT2D eigenvalue weighted by Gasteiger charge is -2.23. The van der Waals surface area contributed by atoms with Gasteiger partial charge in [0.2, 0.25) is 0 Å². The van der Waals surface area contributed by atoms with Crippen molar-refractivity contribution in [3.8, 4) is 11.4 Å². The highest BCUT2D eigenvalue weighted by atomic mass is 19.4. The van der Waals surface area contributed by atoms with Gasteiger partial charge in [-0.1, -0.05) is 12.1 Å². The maximum Gasteiger partial charge on any atom is 0.416 e. The van der Waals surface area contributed by atoms with Crippen LogP contribution >= 0.6 is 0 Å². The molecule has 0 aliphatic carbocycles. The van der Waals surface area contributed by atoms with Crippen LogP contribution in [-0.4, -0.2) is 35.4 Å². The number of aromatic nitrogens is 6. The molecule has 2 aromatic heterocycles. The van der Waals surface area contributed by atoms with Gasteiger partial charge in [0.15, 0.2) is 0 Å². The zero-order chi connectivity index (χ0) is 30.1. The number of nitrogens with one attached hydrogen (secondary N) is 2.